The topological polar surface area (TPSA) is 49.8 Å². The Morgan fingerprint density at radius 3 is 2.81 bits per heavy atom. The lowest BCUT2D eigenvalue weighted by Gasteiger charge is -2.16. The van der Waals surface area contributed by atoms with Crippen LogP contribution in [0.15, 0.2) is 18.2 Å². The van der Waals surface area contributed by atoms with Crippen LogP contribution in [0.3, 0.4) is 0 Å². The Hall–Kier alpha value is -1.62. The van der Waals surface area contributed by atoms with Crippen LogP contribution in [-0.2, 0) is 11.3 Å². The van der Waals surface area contributed by atoms with Gasteiger partial charge in [0.2, 0.25) is 0 Å². The first-order chi connectivity index (χ1) is 10.1. The molecule has 21 heavy (non-hydrogen) atoms. The lowest BCUT2D eigenvalue weighted by Crippen LogP contribution is -2.24. The summed E-state index contributed by atoms with van der Waals surface area (Å²) in [5.41, 5.74) is 0.565. The van der Waals surface area contributed by atoms with Crippen molar-refractivity contribution in [2.24, 2.45) is 17.8 Å². The highest BCUT2D eigenvalue weighted by atomic mass is 19.1. The van der Waals surface area contributed by atoms with Crippen molar-refractivity contribution in [3.63, 3.8) is 0 Å². The van der Waals surface area contributed by atoms with Gasteiger partial charge in [-0.15, -0.1) is 0 Å². The Balaban J connectivity index is 1.72. The number of aliphatic carboxylic acids is 1. The maximum atomic E-state index is 13.9. The van der Waals surface area contributed by atoms with E-state index in [1.807, 2.05) is 0 Å². The lowest BCUT2D eigenvalue weighted by atomic mass is 9.92. The predicted octanol–water partition coefficient (Wildman–Crippen LogP) is 2.38. The maximum Gasteiger partial charge on any atom is 0.308 e. The van der Waals surface area contributed by atoms with Crippen LogP contribution in [0.25, 0.3) is 0 Å². The van der Waals surface area contributed by atoms with Crippen LogP contribution in [0, 0.1) is 23.6 Å². The zero-order chi connectivity index (χ0) is 15.0. The molecule has 4 nitrogen and oxygen atoms in total. The molecule has 0 aromatic heterocycles. The third kappa shape index (κ3) is 3.02. The minimum Gasteiger partial charge on any atom is -0.497 e. The summed E-state index contributed by atoms with van der Waals surface area (Å²) in [6, 6.07) is 4.68. The second-order valence-electron chi connectivity index (χ2n) is 6.10. The fourth-order valence-corrected chi connectivity index (χ4v) is 3.35. The molecule has 3 rings (SSSR count). The first kappa shape index (κ1) is 14.3. The smallest absolute Gasteiger partial charge is 0.308 e. The van der Waals surface area contributed by atoms with Gasteiger partial charge < -0.3 is 9.84 Å². The molecule has 0 unspecified atom stereocenters. The largest absolute Gasteiger partial charge is 0.497 e. The van der Waals surface area contributed by atoms with E-state index in [9.17, 15) is 14.3 Å². The molecule has 0 bridgehead atoms. The van der Waals surface area contributed by atoms with E-state index in [1.165, 1.54) is 6.07 Å². The Kier molecular flexibility index (Phi) is 3.85. The Morgan fingerprint density at radius 1 is 1.43 bits per heavy atom. The minimum absolute atomic E-state index is 0.219. The van der Waals surface area contributed by atoms with Crippen molar-refractivity contribution in [1.29, 1.82) is 0 Å². The number of methoxy groups -OCH3 is 1. The predicted molar refractivity (Wildman–Crippen MR) is 75.6 cm³/mol. The molecule has 1 heterocycles. The zero-order valence-electron chi connectivity index (χ0n) is 12.1. The van der Waals surface area contributed by atoms with Gasteiger partial charge >= 0.3 is 5.97 Å². The number of carboxylic acids is 1. The second kappa shape index (κ2) is 5.64. The quantitative estimate of drug-likeness (QED) is 0.905. The Morgan fingerprint density at radius 2 is 2.19 bits per heavy atom. The standard InChI is InChI=1S/C16H20FNO3/c1-21-12-4-5-15(17)11(6-12)7-18-8-13(10-2-3-10)14(9-18)16(19)20/h4-6,10,13-14H,2-3,7-9H2,1H3,(H,19,20)/t13-,14+/m1/s1. The van der Waals surface area contributed by atoms with Crippen LogP contribution in [-0.4, -0.2) is 36.2 Å². The van der Waals surface area contributed by atoms with E-state index in [4.69, 9.17) is 4.74 Å². The number of carboxylic acid groups (broad SMARTS) is 1. The zero-order valence-corrected chi connectivity index (χ0v) is 12.1. The number of rotatable bonds is 5. The molecule has 1 aromatic rings. The van der Waals surface area contributed by atoms with Crippen molar-refractivity contribution < 1.29 is 19.0 Å². The number of halogens is 1. The van der Waals surface area contributed by atoms with Gasteiger partial charge in [0.1, 0.15) is 11.6 Å². The third-order valence-corrected chi connectivity index (χ3v) is 4.63. The van der Waals surface area contributed by atoms with Crippen molar-refractivity contribution in [2.45, 2.75) is 19.4 Å². The van der Waals surface area contributed by atoms with E-state index >= 15 is 0 Å². The van der Waals surface area contributed by atoms with E-state index in [-0.39, 0.29) is 17.7 Å². The van der Waals surface area contributed by atoms with E-state index in [1.54, 1.807) is 19.2 Å². The van der Waals surface area contributed by atoms with Gasteiger partial charge in [-0.25, -0.2) is 4.39 Å². The molecule has 1 N–H and O–H groups in total. The van der Waals surface area contributed by atoms with Crippen LogP contribution < -0.4 is 4.74 Å². The fourth-order valence-electron chi connectivity index (χ4n) is 3.35. The maximum absolute atomic E-state index is 13.9. The molecule has 1 saturated carbocycles. The van der Waals surface area contributed by atoms with Crippen molar-refractivity contribution >= 4 is 5.97 Å². The third-order valence-electron chi connectivity index (χ3n) is 4.63. The number of benzene rings is 1. The molecule has 2 atom stereocenters. The van der Waals surface area contributed by atoms with Crippen LogP contribution >= 0.6 is 0 Å². The molecule has 2 aliphatic rings. The summed E-state index contributed by atoms with van der Waals surface area (Å²) >= 11 is 0. The summed E-state index contributed by atoms with van der Waals surface area (Å²) in [5, 5.41) is 9.36. The van der Waals surface area contributed by atoms with E-state index in [0.29, 0.717) is 30.3 Å². The van der Waals surface area contributed by atoms with Crippen molar-refractivity contribution in [2.75, 3.05) is 20.2 Å². The second-order valence-corrected chi connectivity index (χ2v) is 6.10. The van der Waals surface area contributed by atoms with Crippen molar-refractivity contribution in [3.05, 3.63) is 29.6 Å². The highest BCUT2D eigenvalue weighted by Crippen LogP contribution is 2.44. The van der Waals surface area contributed by atoms with Gasteiger partial charge in [-0.05, 0) is 42.9 Å². The van der Waals surface area contributed by atoms with Gasteiger partial charge in [0.05, 0.1) is 13.0 Å². The molecular formula is C16H20FNO3. The van der Waals surface area contributed by atoms with Gasteiger partial charge in [0.25, 0.3) is 0 Å². The molecule has 1 saturated heterocycles. The van der Waals surface area contributed by atoms with Crippen LogP contribution in [0.4, 0.5) is 4.39 Å². The first-order valence-electron chi connectivity index (χ1n) is 7.36. The van der Waals surface area contributed by atoms with Crippen molar-refractivity contribution in [1.82, 2.24) is 4.90 Å². The molecular weight excluding hydrogens is 273 g/mol. The molecule has 5 heteroatoms. The van der Waals surface area contributed by atoms with Crippen LogP contribution in [0.5, 0.6) is 5.75 Å². The van der Waals surface area contributed by atoms with Crippen LogP contribution in [0.1, 0.15) is 18.4 Å². The lowest BCUT2D eigenvalue weighted by molar-refractivity contribution is -0.142. The monoisotopic (exact) mass is 293 g/mol. The van der Waals surface area contributed by atoms with Gasteiger partial charge in [-0.3, -0.25) is 9.69 Å². The average Bonchev–Trinajstić information content (AvgIpc) is 3.22. The molecule has 0 spiro atoms. The van der Waals surface area contributed by atoms with E-state index < -0.39 is 5.97 Å². The summed E-state index contributed by atoms with van der Waals surface area (Å²) in [4.78, 5) is 13.4. The van der Waals surface area contributed by atoms with Gasteiger partial charge in [-0.1, -0.05) is 0 Å². The molecule has 1 aliphatic heterocycles. The van der Waals surface area contributed by atoms with Gasteiger partial charge in [-0.2, -0.15) is 0 Å². The summed E-state index contributed by atoms with van der Waals surface area (Å²) in [6.45, 7) is 1.70. The van der Waals surface area contributed by atoms with Crippen LogP contribution in [0.2, 0.25) is 0 Å². The number of ether oxygens (including phenoxy) is 1. The Labute approximate surface area is 123 Å². The number of hydrogen-bond donors (Lipinski definition) is 1. The summed E-state index contributed by atoms with van der Waals surface area (Å²) < 4.78 is 19.0. The Bertz CT molecular complexity index is 544. The van der Waals surface area contributed by atoms with Gasteiger partial charge in [0.15, 0.2) is 0 Å². The fraction of sp³-hybridized carbons (Fsp3) is 0.562. The molecule has 114 valence electrons. The average molecular weight is 293 g/mol. The van der Waals surface area contributed by atoms with Crippen molar-refractivity contribution in [3.8, 4) is 5.75 Å². The molecule has 1 aliphatic carbocycles. The number of hydrogen-bond acceptors (Lipinski definition) is 3. The number of nitrogens with zero attached hydrogens (tertiary/aromatic N) is 1. The normalized spacial score (nSPS) is 26.0. The van der Waals surface area contributed by atoms with E-state index in [0.717, 1.165) is 19.4 Å². The molecule has 2 fully saturated rings. The van der Waals surface area contributed by atoms with E-state index in [2.05, 4.69) is 4.90 Å². The first-order valence-corrected chi connectivity index (χ1v) is 7.36. The summed E-state index contributed by atoms with van der Waals surface area (Å²) in [6.07, 6.45) is 2.27. The minimum atomic E-state index is -0.722. The molecule has 1 aromatic carbocycles. The summed E-state index contributed by atoms with van der Waals surface area (Å²) in [7, 11) is 1.55. The highest BCUT2D eigenvalue weighted by Gasteiger charge is 2.45. The highest BCUT2D eigenvalue weighted by molar-refractivity contribution is 5.71. The molecule has 0 amide bonds. The summed E-state index contributed by atoms with van der Waals surface area (Å²) in [5.74, 6) is 0.0887. The SMILES string of the molecule is COc1ccc(F)c(CN2C[C@H](C(=O)O)[C@@H](C3CC3)C2)c1. The van der Waals surface area contributed by atoms with Gasteiger partial charge in [0, 0.05) is 25.2 Å². The molecule has 0 radical (unpaired) electrons. The number of likely N-dealkylation sites (tertiary alicyclic amines) is 1. The number of carbonyl (C=O) groups is 1.